The molecule has 1 aromatic carbocycles. The molecule has 2 heterocycles. The van der Waals surface area contributed by atoms with Crippen LogP contribution in [0.2, 0.25) is 0 Å². The fourth-order valence-corrected chi connectivity index (χ4v) is 3.03. The highest BCUT2D eigenvalue weighted by Gasteiger charge is 2.19. The molecule has 1 amide bonds. The van der Waals surface area contributed by atoms with E-state index in [-0.39, 0.29) is 11.2 Å². The number of rotatable bonds is 6. The summed E-state index contributed by atoms with van der Waals surface area (Å²) in [5, 5.41) is 10.1. The zero-order chi connectivity index (χ0) is 18.5. The summed E-state index contributed by atoms with van der Waals surface area (Å²) in [6.07, 6.45) is 3.38. The van der Waals surface area contributed by atoms with Crippen LogP contribution in [0.5, 0.6) is 5.75 Å². The first kappa shape index (κ1) is 17.9. The van der Waals surface area contributed by atoms with Gasteiger partial charge in [-0.15, -0.1) is 5.10 Å². The van der Waals surface area contributed by atoms with Crippen molar-refractivity contribution in [2.24, 2.45) is 0 Å². The molecule has 26 heavy (non-hydrogen) atoms. The second-order valence-corrected chi connectivity index (χ2v) is 6.96. The Labute approximate surface area is 155 Å². The van der Waals surface area contributed by atoms with E-state index in [2.05, 4.69) is 25.5 Å². The summed E-state index contributed by atoms with van der Waals surface area (Å²) in [6.45, 7) is 3.77. The van der Waals surface area contributed by atoms with Gasteiger partial charge in [0.15, 0.2) is 5.82 Å². The van der Waals surface area contributed by atoms with Gasteiger partial charge in [0, 0.05) is 18.0 Å². The quantitative estimate of drug-likeness (QED) is 0.648. The van der Waals surface area contributed by atoms with E-state index >= 15 is 0 Å². The van der Waals surface area contributed by atoms with Crippen LogP contribution in [-0.4, -0.2) is 38.4 Å². The van der Waals surface area contributed by atoms with Gasteiger partial charge in [-0.05, 0) is 43.7 Å². The standard InChI is InChI=1S/C18H19N5O2S/c1-11-4-5-15(25-3)14(10-11)20-17(24)12(2)26-18-21-16(22-23-18)13-6-8-19-9-7-13/h4-10,12H,1-3H3,(H,20,24)(H,21,22,23)/t12-/m1/s1. The highest BCUT2D eigenvalue weighted by molar-refractivity contribution is 8.00. The van der Waals surface area contributed by atoms with Gasteiger partial charge in [0.1, 0.15) is 5.75 Å². The molecule has 0 aliphatic carbocycles. The number of carbonyl (C=O) groups is 1. The number of amides is 1. The Bertz CT molecular complexity index is 898. The molecule has 0 fully saturated rings. The minimum absolute atomic E-state index is 0.144. The van der Waals surface area contributed by atoms with E-state index in [0.717, 1.165) is 11.1 Å². The summed E-state index contributed by atoms with van der Waals surface area (Å²) in [4.78, 5) is 20.9. The summed E-state index contributed by atoms with van der Waals surface area (Å²) in [7, 11) is 1.58. The van der Waals surface area contributed by atoms with Gasteiger partial charge in [0.2, 0.25) is 11.1 Å². The van der Waals surface area contributed by atoms with Gasteiger partial charge in [-0.2, -0.15) is 0 Å². The lowest BCUT2D eigenvalue weighted by Crippen LogP contribution is -2.22. The van der Waals surface area contributed by atoms with Gasteiger partial charge < -0.3 is 10.1 Å². The normalized spacial score (nSPS) is 11.8. The van der Waals surface area contributed by atoms with Crippen LogP contribution in [0.3, 0.4) is 0 Å². The van der Waals surface area contributed by atoms with Crippen LogP contribution < -0.4 is 10.1 Å². The maximum absolute atomic E-state index is 12.5. The summed E-state index contributed by atoms with van der Waals surface area (Å²) in [6, 6.07) is 9.33. The van der Waals surface area contributed by atoms with Crippen molar-refractivity contribution >= 4 is 23.4 Å². The maximum atomic E-state index is 12.5. The molecule has 0 spiro atoms. The van der Waals surface area contributed by atoms with E-state index in [0.29, 0.717) is 22.4 Å². The van der Waals surface area contributed by atoms with Gasteiger partial charge in [-0.1, -0.05) is 17.8 Å². The second kappa shape index (κ2) is 8.01. The molecular weight excluding hydrogens is 350 g/mol. The zero-order valence-corrected chi connectivity index (χ0v) is 15.5. The number of nitrogens with zero attached hydrogens (tertiary/aromatic N) is 3. The van der Waals surface area contributed by atoms with Crippen molar-refractivity contribution in [2.75, 3.05) is 12.4 Å². The number of ether oxygens (including phenoxy) is 1. The monoisotopic (exact) mass is 369 g/mol. The predicted molar refractivity (Wildman–Crippen MR) is 101 cm³/mol. The van der Waals surface area contributed by atoms with E-state index in [9.17, 15) is 4.79 Å². The Balaban J connectivity index is 1.67. The Morgan fingerprint density at radius 3 is 2.77 bits per heavy atom. The van der Waals surface area contributed by atoms with Crippen molar-refractivity contribution < 1.29 is 9.53 Å². The number of aryl methyl sites for hydroxylation is 1. The van der Waals surface area contributed by atoms with Crippen LogP contribution in [0.25, 0.3) is 11.4 Å². The molecular formula is C18H19N5O2S. The largest absolute Gasteiger partial charge is 0.495 e. The molecule has 0 saturated carbocycles. The van der Waals surface area contributed by atoms with Crippen LogP contribution in [0.1, 0.15) is 12.5 Å². The number of nitrogens with one attached hydrogen (secondary N) is 2. The van der Waals surface area contributed by atoms with Crippen LogP contribution in [0.15, 0.2) is 47.9 Å². The highest BCUT2D eigenvalue weighted by atomic mass is 32.2. The highest BCUT2D eigenvalue weighted by Crippen LogP contribution is 2.27. The molecule has 134 valence electrons. The minimum atomic E-state index is -0.374. The first-order valence-corrected chi connectivity index (χ1v) is 8.89. The molecule has 7 nitrogen and oxygen atoms in total. The molecule has 2 N–H and O–H groups in total. The lowest BCUT2D eigenvalue weighted by Gasteiger charge is -2.13. The number of H-pyrrole nitrogens is 1. The first-order valence-electron chi connectivity index (χ1n) is 8.02. The Morgan fingerprint density at radius 1 is 1.27 bits per heavy atom. The fourth-order valence-electron chi connectivity index (χ4n) is 2.30. The van der Waals surface area contributed by atoms with E-state index in [1.165, 1.54) is 11.8 Å². The van der Waals surface area contributed by atoms with Crippen molar-refractivity contribution in [3.63, 3.8) is 0 Å². The number of thioether (sulfide) groups is 1. The van der Waals surface area contributed by atoms with Crippen molar-refractivity contribution in [3.05, 3.63) is 48.3 Å². The van der Waals surface area contributed by atoms with Gasteiger partial charge in [-0.25, -0.2) is 4.98 Å². The SMILES string of the molecule is COc1ccc(C)cc1NC(=O)[C@@H](C)Sc1n[nH]c(-c2ccncc2)n1. The smallest absolute Gasteiger partial charge is 0.237 e. The number of methoxy groups -OCH3 is 1. The number of hydrogen-bond acceptors (Lipinski definition) is 6. The van der Waals surface area contributed by atoms with E-state index in [1.807, 2.05) is 44.2 Å². The predicted octanol–water partition coefficient (Wildman–Crippen LogP) is 3.30. The van der Waals surface area contributed by atoms with E-state index in [4.69, 9.17) is 4.74 Å². The number of aromatic amines is 1. The van der Waals surface area contributed by atoms with Gasteiger partial charge in [-0.3, -0.25) is 14.9 Å². The van der Waals surface area contributed by atoms with Crippen molar-refractivity contribution in [1.82, 2.24) is 20.2 Å². The molecule has 1 atom stereocenters. The number of anilines is 1. The van der Waals surface area contributed by atoms with Gasteiger partial charge in [0.05, 0.1) is 18.0 Å². The average molecular weight is 369 g/mol. The molecule has 0 radical (unpaired) electrons. The number of aromatic nitrogens is 4. The molecule has 0 saturated heterocycles. The van der Waals surface area contributed by atoms with E-state index < -0.39 is 0 Å². The molecule has 0 aliphatic heterocycles. The molecule has 0 aliphatic rings. The van der Waals surface area contributed by atoms with Crippen molar-refractivity contribution in [3.8, 4) is 17.1 Å². The van der Waals surface area contributed by atoms with E-state index in [1.54, 1.807) is 19.5 Å². The molecule has 2 aromatic heterocycles. The molecule has 8 heteroatoms. The maximum Gasteiger partial charge on any atom is 0.237 e. The topological polar surface area (TPSA) is 92.8 Å². The molecule has 0 bridgehead atoms. The third kappa shape index (κ3) is 4.20. The molecule has 3 aromatic rings. The number of hydrogen-bond donors (Lipinski definition) is 2. The third-order valence-electron chi connectivity index (χ3n) is 3.68. The fraction of sp³-hybridized carbons (Fsp3) is 0.222. The molecule has 0 unspecified atom stereocenters. The molecule has 3 rings (SSSR count). The number of carbonyl (C=O) groups excluding carboxylic acids is 1. The van der Waals surface area contributed by atoms with Crippen LogP contribution in [-0.2, 0) is 4.79 Å². The van der Waals surface area contributed by atoms with Crippen LogP contribution in [0, 0.1) is 6.92 Å². The van der Waals surface area contributed by atoms with Crippen molar-refractivity contribution in [2.45, 2.75) is 24.3 Å². The van der Waals surface area contributed by atoms with Crippen molar-refractivity contribution in [1.29, 1.82) is 0 Å². The number of benzene rings is 1. The first-order chi connectivity index (χ1) is 12.6. The van der Waals surface area contributed by atoms with Gasteiger partial charge >= 0.3 is 0 Å². The summed E-state index contributed by atoms with van der Waals surface area (Å²) in [5.74, 6) is 1.12. The Hall–Kier alpha value is -2.87. The third-order valence-corrected chi connectivity index (χ3v) is 4.64. The average Bonchev–Trinajstić information content (AvgIpc) is 3.11. The van der Waals surface area contributed by atoms with Crippen LogP contribution in [0.4, 0.5) is 5.69 Å². The number of pyridine rings is 1. The summed E-state index contributed by atoms with van der Waals surface area (Å²) < 4.78 is 5.30. The summed E-state index contributed by atoms with van der Waals surface area (Å²) >= 11 is 1.28. The van der Waals surface area contributed by atoms with Crippen LogP contribution >= 0.6 is 11.8 Å². The van der Waals surface area contributed by atoms with Gasteiger partial charge in [0.25, 0.3) is 0 Å². The second-order valence-electron chi connectivity index (χ2n) is 5.66. The Morgan fingerprint density at radius 2 is 2.04 bits per heavy atom. The minimum Gasteiger partial charge on any atom is -0.495 e. The zero-order valence-electron chi connectivity index (χ0n) is 14.7. The lowest BCUT2D eigenvalue weighted by atomic mass is 10.2. The Kier molecular flexibility index (Phi) is 5.52. The lowest BCUT2D eigenvalue weighted by molar-refractivity contribution is -0.115. The summed E-state index contributed by atoms with van der Waals surface area (Å²) in [5.41, 5.74) is 2.58.